The highest BCUT2D eigenvalue weighted by Crippen LogP contribution is 2.28. The van der Waals surface area contributed by atoms with Gasteiger partial charge in [-0.05, 0) is 12.8 Å². The van der Waals surface area contributed by atoms with E-state index in [2.05, 4.69) is 9.84 Å². The smallest absolute Gasteiger partial charge is 0.341 e. The van der Waals surface area contributed by atoms with Gasteiger partial charge in [0.1, 0.15) is 0 Å². The van der Waals surface area contributed by atoms with Gasteiger partial charge < -0.3 is 4.74 Å². The fourth-order valence-electron chi connectivity index (χ4n) is 1.93. The van der Waals surface area contributed by atoms with Gasteiger partial charge >= 0.3 is 5.97 Å². The predicted molar refractivity (Wildman–Crippen MR) is 51.1 cm³/mol. The third-order valence-electron chi connectivity index (χ3n) is 2.72. The molecule has 1 aliphatic carbocycles. The van der Waals surface area contributed by atoms with Gasteiger partial charge in [-0.15, -0.1) is 0 Å². The molecule has 1 saturated carbocycles. The summed E-state index contributed by atoms with van der Waals surface area (Å²) in [6, 6.07) is 0.480. The molecule has 0 saturated heterocycles. The van der Waals surface area contributed by atoms with E-state index in [9.17, 15) is 4.79 Å². The SMILES string of the molecule is COC(=O)c1cnn(C2CCCC2)c1. The van der Waals surface area contributed by atoms with E-state index in [-0.39, 0.29) is 5.97 Å². The molecule has 0 radical (unpaired) electrons. The Morgan fingerprint density at radius 2 is 2.29 bits per heavy atom. The Balaban J connectivity index is 2.12. The van der Waals surface area contributed by atoms with Gasteiger partial charge in [0, 0.05) is 6.20 Å². The van der Waals surface area contributed by atoms with Crippen molar-refractivity contribution in [3.05, 3.63) is 18.0 Å². The summed E-state index contributed by atoms with van der Waals surface area (Å²) in [6.45, 7) is 0. The number of esters is 1. The summed E-state index contributed by atoms with van der Waals surface area (Å²) in [4.78, 5) is 11.2. The normalized spacial score (nSPS) is 17.2. The molecule has 0 bridgehead atoms. The molecule has 1 aliphatic rings. The Bertz CT molecular complexity index is 327. The van der Waals surface area contributed by atoms with Crippen LogP contribution in [0.2, 0.25) is 0 Å². The summed E-state index contributed by atoms with van der Waals surface area (Å²) in [6.07, 6.45) is 8.22. The summed E-state index contributed by atoms with van der Waals surface area (Å²) in [7, 11) is 1.38. The van der Waals surface area contributed by atoms with Crippen molar-refractivity contribution in [3.8, 4) is 0 Å². The first-order valence-electron chi connectivity index (χ1n) is 4.93. The molecule has 0 atom stereocenters. The second-order valence-electron chi connectivity index (χ2n) is 3.64. The standard InChI is InChI=1S/C10H14N2O2/c1-14-10(13)8-6-11-12(7-8)9-4-2-3-5-9/h6-7,9H,2-5H2,1H3. The number of ether oxygens (including phenoxy) is 1. The number of hydrogen-bond acceptors (Lipinski definition) is 3. The molecule has 14 heavy (non-hydrogen) atoms. The van der Waals surface area contributed by atoms with Crippen molar-refractivity contribution in [2.45, 2.75) is 31.7 Å². The number of hydrogen-bond donors (Lipinski definition) is 0. The van der Waals surface area contributed by atoms with Crippen molar-refractivity contribution in [1.82, 2.24) is 9.78 Å². The van der Waals surface area contributed by atoms with E-state index in [1.807, 2.05) is 4.68 Å². The molecular weight excluding hydrogens is 180 g/mol. The minimum atomic E-state index is -0.311. The number of methoxy groups -OCH3 is 1. The summed E-state index contributed by atoms with van der Waals surface area (Å²) >= 11 is 0. The topological polar surface area (TPSA) is 44.1 Å². The molecule has 1 aromatic rings. The van der Waals surface area contributed by atoms with Gasteiger partial charge in [0.25, 0.3) is 0 Å². The van der Waals surface area contributed by atoms with Crippen LogP contribution in [0.15, 0.2) is 12.4 Å². The number of rotatable bonds is 2. The average molecular weight is 194 g/mol. The van der Waals surface area contributed by atoms with Crippen LogP contribution in [0, 0.1) is 0 Å². The lowest BCUT2D eigenvalue weighted by Crippen LogP contribution is -2.05. The molecule has 0 aromatic carbocycles. The summed E-state index contributed by atoms with van der Waals surface area (Å²) in [5.41, 5.74) is 0.541. The molecule has 1 fully saturated rings. The van der Waals surface area contributed by atoms with Crippen LogP contribution in [-0.4, -0.2) is 22.9 Å². The van der Waals surface area contributed by atoms with Crippen LogP contribution in [0.5, 0.6) is 0 Å². The highest BCUT2D eigenvalue weighted by molar-refractivity contribution is 5.88. The zero-order valence-corrected chi connectivity index (χ0v) is 8.27. The number of carbonyl (C=O) groups is 1. The highest BCUT2D eigenvalue weighted by atomic mass is 16.5. The molecule has 1 heterocycles. The highest BCUT2D eigenvalue weighted by Gasteiger charge is 2.18. The molecule has 0 spiro atoms. The van der Waals surface area contributed by atoms with Crippen molar-refractivity contribution in [3.63, 3.8) is 0 Å². The van der Waals surface area contributed by atoms with E-state index in [0.717, 1.165) is 0 Å². The van der Waals surface area contributed by atoms with Gasteiger partial charge in [0.15, 0.2) is 0 Å². The first-order chi connectivity index (χ1) is 6.81. The second-order valence-corrected chi connectivity index (χ2v) is 3.64. The quantitative estimate of drug-likeness (QED) is 0.674. The fourth-order valence-corrected chi connectivity index (χ4v) is 1.93. The van der Waals surface area contributed by atoms with E-state index in [1.165, 1.54) is 32.8 Å². The third kappa shape index (κ3) is 1.64. The lowest BCUT2D eigenvalue weighted by Gasteiger charge is -2.08. The van der Waals surface area contributed by atoms with Crippen molar-refractivity contribution in [1.29, 1.82) is 0 Å². The fraction of sp³-hybridized carbons (Fsp3) is 0.600. The van der Waals surface area contributed by atoms with Crippen LogP contribution in [0.4, 0.5) is 0 Å². The molecule has 1 aromatic heterocycles. The van der Waals surface area contributed by atoms with Crippen LogP contribution in [-0.2, 0) is 4.74 Å². The molecular formula is C10H14N2O2. The molecule has 2 rings (SSSR count). The van der Waals surface area contributed by atoms with Gasteiger partial charge in [0.2, 0.25) is 0 Å². The zero-order chi connectivity index (χ0) is 9.97. The molecule has 4 heteroatoms. The Hall–Kier alpha value is -1.32. The Morgan fingerprint density at radius 1 is 1.57 bits per heavy atom. The predicted octanol–water partition coefficient (Wildman–Crippen LogP) is 1.78. The van der Waals surface area contributed by atoms with Crippen LogP contribution >= 0.6 is 0 Å². The number of aromatic nitrogens is 2. The maximum absolute atomic E-state index is 11.2. The van der Waals surface area contributed by atoms with Gasteiger partial charge in [-0.25, -0.2) is 4.79 Å². The van der Waals surface area contributed by atoms with Gasteiger partial charge in [0.05, 0.1) is 24.9 Å². The first kappa shape index (κ1) is 9.24. The lowest BCUT2D eigenvalue weighted by atomic mass is 10.2. The minimum absolute atomic E-state index is 0.311. The van der Waals surface area contributed by atoms with Gasteiger partial charge in [-0.2, -0.15) is 5.10 Å². The number of nitrogens with zero attached hydrogens (tertiary/aromatic N) is 2. The average Bonchev–Trinajstić information content (AvgIpc) is 2.86. The van der Waals surface area contributed by atoms with Crippen LogP contribution in [0.25, 0.3) is 0 Å². The Morgan fingerprint density at radius 3 is 2.93 bits per heavy atom. The Labute approximate surface area is 82.9 Å². The number of carbonyl (C=O) groups excluding carboxylic acids is 1. The van der Waals surface area contributed by atoms with Crippen molar-refractivity contribution in [2.24, 2.45) is 0 Å². The van der Waals surface area contributed by atoms with Crippen LogP contribution < -0.4 is 0 Å². The maximum atomic E-state index is 11.2. The van der Waals surface area contributed by atoms with Crippen molar-refractivity contribution >= 4 is 5.97 Å². The summed E-state index contributed by atoms with van der Waals surface area (Å²) in [5.74, 6) is -0.311. The van der Waals surface area contributed by atoms with E-state index in [4.69, 9.17) is 0 Å². The minimum Gasteiger partial charge on any atom is -0.465 e. The van der Waals surface area contributed by atoms with Crippen LogP contribution in [0.3, 0.4) is 0 Å². The molecule has 0 N–H and O–H groups in total. The summed E-state index contributed by atoms with van der Waals surface area (Å²) < 4.78 is 6.51. The molecule has 4 nitrogen and oxygen atoms in total. The largest absolute Gasteiger partial charge is 0.465 e. The maximum Gasteiger partial charge on any atom is 0.341 e. The molecule has 0 aliphatic heterocycles. The zero-order valence-electron chi connectivity index (χ0n) is 8.27. The van der Waals surface area contributed by atoms with Crippen LogP contribution in [0.1, 0.15) is 42.1 Å². The lowest BCUT2D eigenvalue weighted by molar-refractivity contribution is 0.0600. The molecule has 76 valence electrons. The van der Waals surface area contributed by atoms with Gasteiger partial charge in [-0.1, -0.05) is 12.8 Å². The van der Waals surface area contributed by atoms with E-state index in [0.29, 0.717) is 11.6 Å². The van der Waals surface area contributed by atoms with Gasteiger partial charge in [-0.3, -0.25) is 4.68 Å². The van der Waals surface area contributed by atoms with E-state index in [1.54, 1.807) is 12.4 Å². The Kier molecular flexibility index (Phi) is 2.52. The van der Waals surface area contributed by atoms with E-state index < -0.39 is 0 Å². The monoisotopic (exact) mass is 194 g/mol. The molecule has 0 unspecified atom stereocenters. The van der Waals surface area contributed by atoms with Crippen molar-refractivity contribution in [2.75, 3.05) is 7.11 Å². The summed E-state index contributed by atoms with van der Waals surface area (Å²) in [5, 5.41) is 4.18. The third-order valence-corrected chi connectivity index (χ3v) is 2.72. The van der Waals surface area contributed by atoms with E-state index >= 15 is 0 Å². The molecule has 0 amide bonds. The first-order valence-corrected chi connectivity index (χ1v) is 4.93. The second kappa shape index (κ2) is 3.82. The van der Waals surface area contributed by atoms with Crippen molar-refractivity contribution < 1.29 is 9.53 Å².